The Morgan fingerprint density at radius 3 is 2.65 bits per heavy atom. The van der Waals surface area contributed by atoms with Gasteiger partial charge in [0.2, 0.25) is 0 Å². The first-order valence-electron chi connectivity index (χ1n) is 7.20. The van der Waals surface area contributed by atoms with Crippen LogP contribution in [0.25, 0.3) is 5.69 Å². The van der Waals surface area contributed by atoms with Crippen LogP contribution < -0.4 is 4.74 Å². The van der Waals surface area contributed by atoms with Crippen molar-refractivity contribution < 1.29 is 14.6 Å². The molecule has 0 aliphatic carbocycles. The van der Waals surface area contributed by atoms with Gasteiger partial charge in [-0.05, 0) is 30.2 Å². The highest BCUT2D eigenvalue weighted by atomic mass is 16.5. The summed E-state index contributed by atoms with van der Waals surface area (Å²) < 4.78 is 7.04. The largest absolute Gasteiger partial charge is 0.485 e. The van der Waals surface area contributed by atoms with E-state index in [1.165, 1.54) is 10.9 Å². The molecule has 0 aliphatic heterocycles. The Morgan fingerprint density at radius 1 is 1.17 bits per heavy atom. The Labute approximate surface area is 133 Å². The Balaban J connectivity index is 1.91. The van der Waals surface area contributed by atoms with Gasteiger partial charge in [0.1, 0.15) is 6.61 Å². The van der Waals surface area contributed by atoms with Crippen LogP contribution in [0, 0.1) is 6.92 Å². The van der Waals surface area contributed by atoms with Crippen LogP contribution in [-0.4, -0.2) is 20.9 Å². The van der Waals surface area contributed by atoms with Crippen LogP contribution in [0.4, 0.5) is 0 Å². The Hall–Kier alpha value is -3.08. The Kier molecular flexibility index (Phi) is 4.10. The van der Waals surface area contributed by atoms with Crippen LogP contribution in [0.2, 0.25) is 0 Å². The number of nitrogens with zero attached hydrogens (tertiary/aromatic N) is 2. The van der Waals surface area contributed by atoms with E-state index in [0.29, 0.717) is 12.3 Å². The molecule has 0 aliphatic rings. The minimum Gasteiger partial charge on any atom is -0.485 e. The van der Waals surface area contributed by atoms with E-state index in [-0.39, 0.29) is 11.4 Å². The number of ether oxygens (including phenoxy) is 1. The van der Waals surface area contributed by atoms with Gasteiger partial charge in [0.15, 0.2) is 11.4 Å². The molecule has 0 amide bonds. The number of aromatic nitrogens is 2. The van der Waals surface area contributed by atoms with Gasteiger partial charge in [-0.25, -0.2) is 9.48 Å². The van der Waals surface area contributed by atoms with E-state index in [9.17, 15) is 9.90 Å². The van der Waals surface area contributed by atoms with Gasteiger partial charge in [0.25, 0.3) is 0 Å². The van der Waals surface area contributed by atoms with E-state index in [1.54, 1.807) is 0 Å². The number of aryl methyl sites for hydroxylation is 1. The van der Waals surface area contributed by atoms with Crippen molar-refractivity contribution >= 4 is 5.97 Å². The molecule has 3 aromatic rings. The zero-order valence-corrected chi connectivity index (χ0v) is 12.6. The zero-order chi connectivity index (χ0) is 16.2. The van der Waals surface area contributed by atoms with Crippen LogP contribution in [0.5, 0.6) is 5.75 Å². The van der Waals surface area contributed by atoms with Crippen LogP contribution in [-0.2, 0) is 6.61 Å². The molecular formula is C18H16N2O3. The molecule has 3 rings (SSSR count). The van der Waals surface area contributed by atoms with E-state index in [1.807, 2.05) is 61.5 Å². The number of aromatic carboxylic acids is 1. The quantitative estimate of drug-likeness (QED) is 0.784. The van der Waals surface area contributed by atoms with Crippen molar-refractivity contribution in [3.8, 4) is 11.4 Å². The fraction of sp³-hybridized carbons (Fsp3) is 0.111. The molecule has 5 heteroatoms. The third kappa shape index (κ3) is 3.23. The molecule has 0 bridgehead atoms. The molecular weight excluding hydrogens is 292 g/mol. The smallest absolute Gasteiger partial charge is 0.358 e. The summed E-state index contributed by atoms with van der Waals surface area (Å²) in [5.74, 6) is -0.824. The third-order valence-electron chi connectivity index (χ3n) is 3.42. The van der Waals surface area contributed by atoms with Gasteiger partial charge in [-0.2, -0.15) is 5.10 Å². The molecule has 0 unspecified atom stereocenters. The normalized spacial score (nSPS) is 10.5. The summed E-state index contributed by atoms with van der Waals surface area (Å²) in [7, 11) is 0. The molecule has 1 heterocycles. The number of carboxylic acid groups (broad SMARTS) is 1. The lowest BCUT2D eigenvalue weighted by molar-refractivity contribution is 0.0681. The summed E-state index contributed by atoms with van der Waals surface area (Å²) in [6.07, 6.45) is 1.44. The topological polar surface area (TPSA) is 64.4 Å². The van der Waals surface area contributed by atoms with E-state index in [2.05, 4.69) is 5.10 Å². The molecule has 5 nitrogen and oxygen atoms in total. The first-order valence-corrected chi connectivity index (χ1v) is 7.20. The Morgan fingerprint density at radius 2 is 1.96 bits per heavy atom. The van der Waals surface area contributed by atoms with Crippen LogP contribution >= 0.6 is 0 Å². The molecule has 0 fully saturated rings. The second-order valence-electron chi connectivity index (χ2n) is 5.19. The van der Waals surface area contributed by atoms with Crippen LogP contribution in [0.1, 0.15) is 21.6 Å². The predicted molar refractivity (Wildman–Crippen MR) is 86.0 cm³/mol. The highest BCUT2D eigenvalue weighted by Gasteiger charge is 2.20. The molecule has 116 valence electrons. The SMILES string of the molecule is Cc1cccc(-n2ncc(OCc3ccccc3)c2C(=O)O)c1. The molecule has 0 atom stereocenters. The van der Waals surface area contributed by atoms with Crippen molar-refractivity contribution in [3.63, 3.8) is 0 Å². The van der Waals surface area contributed by atoms with Gasteiger partial charge in [0, 0.05) is 0 Å². The van der Waals surface area contributed by atoms with Crippen molar-refractivity contribution in [2.24, 2.45) is 0 Å². The van der Waals surface area contributed by atoms with Crippen molar-refractivity contribution in [2.45, 2.75) is 13.5 Å². The van der Waals surface area contributed by atoms with E-state index in [4.69, 9.17) is 4.74 Å². The molecule has 0 saturated heterocycles. The summed E-state index contributed by atoms with van der Waals surface area (Å²) in [4.78, 5) is 11.6. The molecule has 23 heavy (non-hydrogen) atoms. The van der Waals surface area contributed by atoms with E-state index in [0.717, 1.165) is 11.1 Å². The predicted octanol–water partition coefficient (Wildman–Crippen LogP) is 3.46. The van der Waals surface area contributed by atoms with Crippen LogP contribution in [0.15, 0.2) is 60.8 Å². The van der Waals surface area contributed by atoms with Gasteiger partial charge in [0.05, 0.1) is 11.9 Å². The maximum atomic E-state index is 11.6. The average Bonchev–Trinajstić information content (AvgIpc) is 2.98. The lowest BCUT2D eigenvalue weighted by Gasteiger charge is -2.08. The number of hydrogen-bond acceptors (Lipinski definition) is 3. The zero-order valence-electron chi connectivity index (χ0n) is 12.6. The van der Waals surface area contributed by atoms with Gasteiger partial charge in [-0.15, -0.1) is 0 Å². The lowest BCUT2D eigenvalue weighted by Crippen LogP contribution is -2.10. The molecule has 0 spiro atoms. The fourth-order valence-electron chi connectivity index (χ4n) is 2.33. The molecule has 2 aromatic carbocycles. The van der Waals surface area contributed by atoms with Gasteiger partial charge < -0.3 is 9.84 Å². The molecule has 1 aromatic heterocycles. The fourth-order valence-corrected chi connectivity index (χ4v) is 2.33. The summed E-state index contributed by atoms with van der Waals surface area (Å²) in [6, 6.07) is 17.1. The van der Waals surface area contributed by atoms with Crippen LogP contribution in [0.3, 0.4) is 0 Å². The first kappa shape index (κ1) is 14.8. The molecule has 0 saturated carbocycles. The number of benzene rings is 2. The minimum absolute atomic E-state index is 0.0199. The van der Waals surface area contributed by atoms with Gasteiger partial charge >= 0.3 is 5.97 Å². The third-order valence-corrected chi connectivity index (χ3v) is 3.42. The number of carboxylic acids is 1. The Bertz CT molecular complexity index is 825. The van der Waals surface area contributed by atoms with E-state index < -0.39 is 5.97 Å². The van der Waals surface area contributed by atoms with Crippen molar-refractivity contribution in [2.75, 3.05) is 0 Å². The number of rotatable bonds is 5. The van der Waals surface area contributed by atoms with E-state index >= 15 is 0 Å². The average molecular weight is 308 g/mol. The van der Waals surface area contributed by atoms with Gasteiger partial charge in [-0.3, -0.25) is 0 Å². The minimum atomic E-state index is -1.08. The second kappa shape index (κ2) is 6.36. The monoisotopic (exact) mass is 308 g/mol. The van der Waals surface area contributed by atoms with Crippen molar-refractivity contribution in [3.05, 3.63) is 77.6 Å². The highest BCUT2D eigenvalue weighted by molar-refractivity contribution is 5.89. The van der Waals surface area contributed by atoms with Crippen molar-refractivity contribution in [1.29, 1.82) is 0 Å². The summed E-state index contributed by atoms with van der Waals surface area (Å²) >= 11 is 0. The number of carbonyl (C=O) groups is 1. The summed E-state index contributed by atoms with van der Waals surface area (Å²) in [5.41, 5.74) is 2.71. The first-order chi connectivity index (χ1) is 11.1. The maximum Gasteiger partial charge on any atom is 0.358 e. The number of hydrogen-bond donors (Lipinski definition) is 1. The molecule has 0 radical (unpaired) electrons. The summed E-state index contributed by atoms with van der Waals surface area (Å²) in [6.45, 7) is 2.24. The highest BCUT2D eigenvalue weighted by Crippen LogP contribution is 2.23. The second-order valence-corrected chi connectivity index (χ2v) is 5.19. The molecule has 1 N–H and O–H groups in total. The van der Waals surface area contributed by atoms with Gasteiger partial charge in [-0.1, -0.05) is 42.5 Å². The maximum absolute atomic E-state index is 11.6. The van der Waals surface area contributed by atoms with Crippen molar-refractivity contribution in [1.82, 2.24) is 9.78 Å². The summed E-state index contributed by atoms with van der Waals surface area (Å²) in [5, 5.41) is 13.7. The standard InChI is InChI=1S/C18H16N2O3/c1-13-6-5-9-15(10-13)20-17(18(21)22)16(11-19-20)23-12-14-7-3-2-4-8-14/h2-11H,12H2,1H3,(H,21,22). The lowest BCUT2D eigenvalue weighted by atomic mass is 10.2.